The molecule has 1 amide bonds. The standard InChI is InChI=1S/C20H19ClN2O4S/c1-3-26-16-6-8-17(9-7-16)28-12-19(24)27-13(2)20(25)23-15-5-4-14(11-22)18(21)10-15/h4-10,13H,3,12H2,1-2H3,(H,23,25)/t13-/m0/s1. The van der Waals surface area contributed by atoms with Crippen LogP contribution in [0, 0.1) is 11.3 Å². The Morgan fingerprint density at radius 1 is 1.25 bits per heavy atom. The van der Waals surface area contributed by atoms with Gasteiger partial charge in [0, 0.05) is 10.6 Å². The highest BCUT2D eigenvalue weighted by Gasteiger charge is 2.18. The molecule has 0 radical (unpaired) electrons. The van der Waals surface area contributed by atoms with Crippen molar-refractivity contribution in [1.29, 1.82) is 5.26 Å². The second kappa shape index (κ2) is 10.6. The molecule has 2 aromatic carbocycles. The molecule has 146 valence electrons. The number of thioether (sulfide) groups is 1. The van der Waals surface area contributed by atoms with Crippen molar-refractivity contribution in [1.82, 2.24) is 0 Å². The third-order valence-electron chi connectivity index (χ3n) is 3.53. The molecule has 0 saturated heterocycles. The molecule has 28 heavy (non-hydrogen) atoms. The van der Waals surface area contributed by atoms with E-state index in [0.717, 1.165) is 10.6 Å². The van der Waals surface area contributed by atoms with Gasteiger partial charge in [-0.25, -0.2) is 0 Å². The third kappa shape index (κ3) is 6.48. The Kier molecular flexibility index (Phi) is 8.18. The summed E-state index contributed by atoms with van der Waals surface area (Å²) in [5.41, 5.74) is 0.728. The number of rotatable bonds is 8. The molecule has 1 atom stereocenters. The van der Waals surface area contributed by atoms with E-state index in [-0.39, 0.29) is 10.8 Å². The van der Waals surface area contributed by atoms with E-state index in [1.807, 2.05) is 37.3 Å². The summed E-state index contributed by atoms with van der Waals surface area (Å²) in [5.74, 6) is -0.142. The molecule has 1 N–H and O–H groups in total. The van der Waals surface area contributed by atoms with Gasteiger partial charge < -0.3 is 14.8 Å². The van der Waals surface area contributed by atoms with Crippen molar-refractivity contribution in [2.75, 3.05) is 17.7 Å². The number of esters is 1. The molecule has 0 bridgehead atoms. The summed E-state index contributed by atoms with van der Waals surface area (Å²) in [4.78, 5) is 25.0. The number of nitrogens with one attached hydrogen (secondary N) is 1. The summed E-state index contributed by atoms with van der Waals surface area (Å²) in [6, 6.07) is 13.8. The highest BCUT2D eigenvalue weighted by Crippen LogP contribution is 2.22. The lowest BCUT2D eigenvalue weighted by Gasteiger charge is -2.14. The van der Waals surface area contributed by atoms with Gasteiger partial charge in [0.15, 0.2) is 6.10 Å². The second-order valence-electron chi connectivity index (χ2n) is 5.62. The van der Waals surface area contributed by atoms with Crippen molar-refractivity contribution in [2.45, 2.75) is 24.8 Å². The highest BCUT2D eigenvalue weighted by atomic mass is 35.5. The van der Waals surface area contributed by atoms with E-state index < -0.39 is 18.0 Å². The van der Waals surface area contributed by atoms with Gasteiger partial charge in [-0.05, 0) is 56.3 Å². The lowest BCUT2D eigenvalue weighted by atomic mass is 10.2. The highest BCUT2D eigenvalue weighted by molar-refractivity contribution is 8.00. The van der Waals surface area contributed by atoms with Gasteiger partial charge in [-0.15, -0.1) is 11.8 Å². The number of carbonyl (C=O) groups is 2. The Hall–Kier alpha value is -2.69. The Labute approximate surface area is 172 Å². The minimum Gasteiger partial charge on any atom is -0.494 e. The van der Waals surface area contributed by atoms with Gasteiger partial charge in [0.1, 0.15) is 11.8 Å². The Bertz CT molecular complexity index is 881. The molecule has 0 spiro atoms. The van der Waals surface area contributed by atoms with Crippen molar-refractivity contribution in [3.05, 3.63) is 53.1 Å². The molecule has 0 aromatic heterocycles. The van der Waals surface area contributed by atoms with Crippen LogP contribution >= 0.6 is 23.4 Å². The van der Waals surface area contributed by atoms with E-state index >= 15 is 0 Å². The maximum Gasteiger partial charge on any atom is 0.317 e. The molecule has 8 heteroatoms. The number of hydrogen-bond acceptors (Lipinski definition) is 6. The summed E-state index contributed by atoms with van der Waals surface area (Å²) in [6.07, 6.45) is -0.970. The van der Waals surface area contributed by atoms with Crippen LogP contribution in [0.3, 0.4) is 0 Å². The first kappa shape index (κ1) is 21.6. The molecule has 0 fully saturated rings. The topological polar surface area (TPSA) is 88.4 Å². The lowest BCUT2D eigenvalue weighted by Crippen LogP contribution is -2.30. The van der Waals surface area contributed by atoms with Crippen LogP contribution in [0.2, 0.25) is 5.02 Å². The second-order valence-corrected chi connectivity index (χ2v) is 7.08. The quantitative estimate of drug-likeness (QED) is 0.508. The van der Waals surface area contributed by atoms with E-state index in [1.165, 1.54) is 30.8 Å². The smallest absolute Gasteiger partial charge is 0.317 e. The van der Waals surface area contributed by atoms with E-state index in [2.05, 4.69) is 5.32 Å². The number of nitrogens with zero attached hydrogens (tertiary/aromatic N) is 1. The number of hydrogen-bond donors (Lipinski definition) is 1. The van der Waals surface area contributed by atoms with Gasteiger partial charge in [0.25, 0.3) is 5.91 Å². The SMILES string of the molecule is CCOc1ccc(SCC(=O)O[C@@H](C)C(=O)Nc2ccc(C#N)c(Cl)c2)cc1. The van der Waals surface area contributed by atoms with Crippen LogP contribution in [0.4, 0.5) is 5.69 Å². The first-order valence-corrected chi connectivity index (χ1v) is 9.85. The fraction of sp³-hybridized carbons (Fsp3) is 0.250. The molecule has 0 unspecified atom stereocenters. The maximum absolute atomic E-state index is 12.2. The van der Waals surface area contributed by atoms with Crippen LogP contribution in [0.15, 0.2) is 47.4 Å². The van der Waals surface area contributed by atoms with Gasteiger partial charge in [-0.2, -0.15) is 5.26 Å². The normalized spacial score (nSPS) is 11.2. The van der Waals surface area contributed by atoms with E-state index in [0.29, 0.717) is 17.9 Å². The van der Waals surface area contributed by atoms with E-state index in [9.17, 15) is 9.59 Å². The number of anilines is 1. The number of ether oxygens (including phenoxy) is 2. The molecule has 2 aromatic rings. The maximum atomic E-state index is 12.2. The molecular weight excluding hydrogens is 400 g/mol. The van der Waals surface area contributed by atoms with Crippen LogP contribution in [-0.4, -0.2) is 30.3 Å². The molecule has 0 aliphatic carbocycles. The predicted molar refractivity (Wildman–Crippen MR) is 109 cm³/mol. The predicted octanol–water partition coefficient (Wildman–Crippen LogP) is 4.27. The number of carbonyl (C=O) groups excluding carboxylic acids is 2. The minimum atomic E-state index is -0.970. The molecule has 2 rings (SSSR count). The Morgan fingerprint density at radius 2 is 1.96 bits per heavy atom. The van der Waals surface area contributed by atoms with Gasteiger partial charge in [-0.1, -0.05) is 11.6 Å². The van der Waals surface area contributed by atoms with Crippen molar-refractivity contribution in [3.8, 4) is 11.8 Å². The number of benzene rings is 2. The zero-order valence-electron chi connectivity index (χ0n) is 15.4. The Morgan fingerprint density at radius 3 is 2.57 bits per heavy atom. The van der Waals surface area contributed by atoms with Crippen LogP contribution in [-0.2, 0) is 14.3 Å². The largest absolute Gasteiger partial charge is 0.494 e. The van der Waals surface area contributed by atoms with Crippen molar-refractivity contribution in [2.24, 2.45) is 0 Å². The molecule has 0 saturated carbocycles. The van der Waals surface area contributed by atoms with Gasteiger partial charge in [0.2, 0.25) is 0 Å². The third-order valence-corrected chi connectivity index (χ3v) is 4.82. The monoisotopic (exact) mass is 418 g/mol. The first-order valence-electron chi connectivity index (χ1n) is 8.48. The van der Waals surface area contributed by atoms with Crippen molar-refractivity contribution < 1.29 is 19.1 Å². The summed E-state index contributed by atoms with van der Waals surface area (Å²) in [6.45, 7) is 3.99. The Balaban J connectivity index is 1.81. The van der Waals surface area contributed by atoms with Crippen LogP contribution in [0.25, 0.3) is 0 Å². The average Bonchev–Trinajstić information content (AvgIpc) is 2.68. The molecule has 0 aliphatic heterocycles. The zero-order valence-corrected chi connectivity index (χ0v) is 17.0. The summed E-state index contributed by atoms with van der Waals surface area (Å²) >= 11 is 7.24. The average molecular weight is 419 g/mol. The molecule has 0 heterocycles. The molecule has 0 aliphatic rings. The van der Waals surface area contributed by atoms with Gasteiger partial charge >= 0.3 is 5.97 Å². The number of nitriles is 1. The summed E-state index contributed by atoms with van der Waals surface area (Å²) in [5, 5.41) is 11.7. The summed E-state index contributed by atoms with van der Waals surface area (Å²) in [7, 11) is 0. The van der Waals surface area contributed by atoms with E-state index in [1.54, 1.807) is 6.07 Å². The summed E-state index contributed by atoms with van der Waals surface area (Å²) < 4.78 is 10.5. The van der Waals surface area contributed by atoms with Crippen molar-refractivity contribution in [3.63, 3.8) is 0 Å². The van der Waals surface area contributed by atoms with Crippen molar-refractivity contribution >= 4 is 40.9 Å². The number of halogens is 1. The van der Waals surface area contributed by atoms with Crippen LogP contribution < -0.4 is 10.1 Å². The van der Waals surface area contributed by atoms with Crippen LogP contribution in [0.5, 0.6) is 5.75 Å². The van der Waals surface area contributed by atoms with E-state index in [4.69, 9.17) is 26.3 Å². The zero-order chi connectivity index (χ0) is 20.5. The minimum absolute atomic E-state index is 0.0777. The molecule has 6 nitrogen and oxygen atoms in total. The fourth-order valence-corrected chi connectivity index (χ4v) is 3.06. The fourth-order valence-electron chi connectivity index (χ4n) is 2.15. The molecular formula is C20H19ClN2O4S. The number of amides is 1. The van der Waals surface area contributed by atoms with Gasteiger partial charge in [-0.3, -0.25) is 9.59 Å². The first-order chi connectivity index (χ1) is 13.4. The van der Waals surface area contributed by atoms with Gasteiger partial charge in [0.05, 0.1) is 22.9 Å². The van der Waals surface area contributed by atoms with Crippen LogP contribution in [0.1, 0.15) is 19.4 Å². The lowest BCUT2D eigenvalue weighted by molar-refractivity contribution is -0.150.